The Balaban J connectivity index is 0.839. The molecule has 1 aliphatic carbocycles. The molecule has 2 N–H and O–H groups in total. The Morgan fingerprint density at radius 3 is 2.32 bits per heavy atom. The van der Waals surface area contributed by atoms with E-state index in [1.165, 1.54) is 0 Å². The molecule has 0 bridgehead atoms. The number of anilines is 1. The Hall–Kier alpha value is -5.29. The number of benzene rings is 3. The largest absolute Gasteiger partial charge is 0.494 e. The molecule has 2 atom stereocenters. The number of hydrogen-bond acceptors (Lipinski definition) is 10. The first-order valence-electron chi connectivity index (χ1n) is 20.7. The summed E-state index contributed by atoms with van der Waals surface area (Å²) in [5.41, 5.74) is 1.95. The molecule has 1 saturated carbocycles. The molecule has 0 spiro atoms. The number of piperazine rings is 1. The SMILES string of the molecule is [C-]#[N+]c1ccc(OC2C(C)(C)C(CC(=O)c3ccc(N4CCN(CCCCCOc5ccc6c(c5)C(=O)N(C5CCC(=O)NC5=O)C6=O)[C@H](CO)C4)cc3)C2(C)C)cc1Cl. The summed E-state index contributed by atoms with van der Waals surface area (Å²) in [6.07, 6.45) is 3.02. The molecule has 7 rings (SSSR count). The molecule has 2 saturated heterocycles. The van der Waals surface area contributed by atoms with Gasteiger partial charge in [0.1, 0.15) is 23.6 Å². The molecule has 0 radical (unpaired) electrons. The van der Waals surface area contributed by atoms with Crippen molar-refractivity contribution < 1.29 is 38.6 Å². The summed E-state index contributed by atoms with van der Waals surface area (Å²) < 4.78 is 12.3. The van der Waals surface area contributed by atoms with Gasteiger partial charge in [0.25, 0.3) is 11.8 Å². The van der Waals surface area contributed by atoms with Crippen molar-refractivity contribution in [1.29, 1.82) is 0 Å². The highest BCUT2D eigenvalue weighted by molar-refractivity contribution is 6.33. The van der Waals surface area contributed by atoms with Crippen LogP contribution in [-0.2, 0) is 9.59 Å². The first-order chi connectivity index (χ1) is 28.6. The number of aliphatic hydroxyl groups excluding tert-OH is 1. The van der Waals surface area contributed by atoms with Gasteiger partial charge in [0, 0.05) is 54.6 Å². The van der Waals surface area contributed by atoms with Crippen LogP contribution in [-0.4, -0.2) is 102 Å². The van der Waals surface area contributed by atoms with E-state index >= 15 is 0 Å². The van der Waals surface area contributed by atoms with Gasteiger partial charge in [-0.3, -0.25) is 39.1 Å². The lowest BCUT2D eigenvalue weighted by Gasteiger charge is -2.63. The minimum absolute atomic E-state index is 0.0254. The second-order valence-corrected chi connectivity index (χ2v) is 17.9. The number of hydrogen-bond donors (Lipinski definition) is 2. The van der Waals surface area contributed by atoms with Crippen molar-refractivity contribution in [2.24, 2.45) is 16.7 Å². The maximum atomic E-state index is 13.6. The number of carbonyl (C=O) groups is 5. The van der Waals surface area contributed by atoms with Crippen LogP contribution in [0.25, 0.3) is 4.85 Å². The Labute approximate surface area is 355 Å². The number of carbonyl (C=O) groups excluding carboxylic acids is 5. The van der Waals surface area contributed by atoms with Crippen LogP contribution in [0.3, 0.4) is 0 Å². The topological polar surface area (TPSA) is 150 Å². The fourth-order valence-corrected chi connectivity index (χ4v) is 10.1. The molecule has 316 valence electrons. The molecule has 60 heavy (non-hydrogen) atoms. The zero-order valence-corrected chi connectivity index (χ0v) is 35.3. The van der Waals surface area contributed by atoms with E-state index in [9.17, 15) is 29.1 Å². The summed E-state index contributed by atoms with van der Waals surface area (Å²) in [5, 5.41) is 12.9. The maximum absolute atomic E-state index is 13.6. The Kier molecular flexibility index (Phi) is 12.4. The summed E-state index contributed by atoms with van der Waals surface area (Å²) in [7, 11) is 0. The number of rotatable bonds is 15. The van der Waals surface area contributed by atoms with Crippen LogP contribution >= 0.6 is 11.6 Å². The van der Waals surface area contributed by atoms with E-state index in [1.807, 2.05) is 24.3 Å². The first-order valence-corrected chi connectivity index (χ1v) is 21.1. The Morgan fingerprint density at radius 2 is 1.63 bits per heavy atom. The minimum atomic E-state index is -1.01. The Morgan fingerprint density at radius 1 is 0.917 bits per heavy atom. The third-order valence-corrected chi connectivity index (χ3v) is 13.3. The summed E-state index contributed by atoms with van der Waals surface area (Å²) >= 11 is 6.26. The van der Waals surface area contributed by atoms with Crippen LogP contribution in [0.1, 0.15) is 97.3 Å². The van der Waals surface area contributed by atoms with E-state index in [1.54, 1.807) is 36.4 Å². The van der Waals surface area contributed by atoms with Crippen molar-refractivity contribution in [3.8, 4) is 11.5 Å². The first kappa shape index (κ1) is 42.8. The number of halogens is 1. The van der Waals surface area contributed by atoms with E-state index in [0.717, 1.165) is 49.5 Å². The van der Waals surface area contributed by atoms with Crippen LogP contribution < -0.4 is 19.7 Å². The van der Waals surface area contributed by atoms with Gasteiger partial charge in [-0.25, -0.2) is 4.85 Å². The van der Waals surface area contributed by atoms with Crippen molar-refractivity contribution in [3.63, 3.8) is 0 Å². The molecular weight excluding hydrogens is 786 g/mol. The number of ether oxygens (including phenoxy) is 2. The number of amides is 4. The lowest BCUT2D eigenvalue weighted by molar-refractivity contribution is -0.196. The predicted molar refractivity (Wildman–Crippen MR) is 226 cm³/mol. The van der Waals surface area contributed by atoms with E-state index in [2.05, 4.69) is 47.7 Å². The van der Waals surface area contributed by atoms with Crippen LogP contribution in [0.5, 0.6) is 11.5 Å². The second-order valence-electron chi connectivity index (χ2n) is 17.5. The third-order valence-electron chi connectivity index (χ3n) is 13.0. The number of piperidine rings is 1. The number of imide groups is 2. The van der Waals surface area contributed by atoms with Crippen molar-refractivity contribution >= 4 is 52.4 Å². The predicted octanol–water partition coefficient (Wildman–Crippen LogP) is 6.73. The maximum Gasteiger partial charge on any atom is 0.262 e. The van der Waals surface area contributed by atoms with Crippen molar-refractivity contribution in [3.05, 3.63) is 93.8 Å². The highest BCUT2D eigenvalue weighted by Gasteiger charge is 2.63. The fraction of sp³-hybridized carbons (Fsp3) is 0.478. The normalized spacial score (nSPS) is 23.4. The standard InChI is InChI=1S/C46H52ClN5O8/c1-45(2)39(46(3,4)44(45)60-32-14-16-36(48-5)35(47)24-32)25-38(54)28-9-11-29(12-10-28)51-21-20-50(30(26-51)27-53)19-7-6-8-22-59-31-13-15-33-34(23-31)43(58)52(42(33)57)37-17-18-40(55)49-41(37)56/h9-16,23-24,30,37,39,44,53H,6-8,17-22,25-27H2,1-4H3,(H,49,55,56)/t30-,37?,39?,44?/m0/s1. The van der Waals surface area contributed by atoms with Gasteiger partial charge in [0.2, 0.25) is 17.5 Å². The summed E-state index contributed by atoms with van der Waals surface area (Å²) in [5.74, 6) is -0.905. The minimum Gasteiger partial charge on any atom is -0.494 e. The quantitative estimate of drug-likeness (QED) is 0.0731. The highest BCUT2D eigenvalue weighted by Crippen LogP contribution is 2.62. The summed E-state index contributed by atoms with van der Waals surface area (Å²) in [6, 6.07) is 16.6. The number of fused-ring (bicyclic) bond motifs is 1. The zero-order chi connectivity index (χ0) is 42.9. The van der Waals surface area contributed by atoms with Crippen molar-refractivity contribution in [1.82, 2.24) is 15.1 Å². The Bertz CT molecular complexity index is 2200. The molecule has 14 heteroatoms. The molecule has 3 aliphatic heterocycles. The zero-order valence-electron chi connectivity index (χ0n) is 34.5. The molecule has 1 unspecified atom stereocenters. The summed E-state index contributed by atoms with van der Waals surface area (Å²) in [6.45, 7) is 19.4. The van der Waals surface area contributed by atoms with Crippen LogP contribution in [0.2, 0.25) is 5.02 Å². The van der Waals surface area contributed by atoms with Gasteiger partial charge in [0.05, 0.1) is 42.0 Å². The molecular formula is C46H52ClN5O8. The lowest BCUT2D eigenvalue weighted by Crippen LogP contribution is -2.66. The van der Waals surface area contributed by atoms with Crippen LogP contribution in [0, 0.1) is 23.3 Å². The van der Waals surface area contributed by atoms with Gasteiger partial charge < -0.3 is 19.5 Å². The molecule has 3 aromatic carbocycles. The van der Waals surface area contributed by atoms with Crippen LogP contribution in [0.15, 0.2) is 60.7 Å². The van der Waals surface area contributed by atoms with Crippen LogP contribution in [0.4, 0.5) is 11.4 Å². The van der Waals surface area contributed by atoms with Gasteiger partial charge in [-0.05, 0) is 92.7 Å². The lowest BCUT2D eigenvalue weighted by atomic mass is 9.44. The molecule has 4 amide bonds. The van der Waals surface area contributed by atoms with Crippen molar-refractivity contribution in [2.45, 2.75) is 84.4 Å². The number of ketones is 1. The molecule has 13 nitrogen and oxygen atoms in total. The van der Waals surface area contributed by atoms with E-state index < -0.39 is 29.7 Å². The molecule has 0 aromatic heterocycles. The molecule has 4 aliphatic rings. The number of unbranched alkanes of at least 4 members (excludes halogenated alkanes) is 2. The molecule has 3 heterocycles. The summed E-state index contributed by atoms with van der Waals surface area (Å²) in [4.78, 5) is 72.6. The monoisotopic (exact) mass is 837 g/mol. The third kappa shape index (κ3) is 8.38. The van der Waals surface area contributed by atoms with Gasteiger partial charge >= 0.3 is 0 Å². The van der Waals surface area contributed by atoms with Gasteiger partial charge in [-0.1, -0.05) is 45.4 Å². The fourth-order valence-electron chi connectivity index (χ4n) is 9.88. The molecule has 3 fully saturated rings. The van der Waals surface area contributed by atoms with E-state index in [-0.39, 0.29) is 65.3 Å². The van der Waals surface area contributed by atoms with Gasteiger partial charge in [0.15, 0.2) is 5.78 Å². The molecule has 3 aromatic rings. The number of nitrogens with one attached hydrogen (secondary N) is 1. The number of Topliss-reactive ketones (excluding diaryl/α,β-unsaturated/α-hetero) is 1. The number of nitrogens with zero attached hydrogens (tertiary/aromatic N) is 4. The van der Waals surface area contributed by atoms with E-state index in [0.29, 0.717) is 47.3 Å². The smallest absolute Gasteiger partial charge is 0.262 e. The average Bonchev–Trinajstić information content (AvgIpc) is 3.47. The van der Waals surface area contributed by atoms with Crippen molar-refractivity contribution in [2.75, 3.05) is 44.3 Å². The average molecular weight is 838 g/mol. The second kappa shape index (κ2) is 17.4. The van der Waals surface area contributed by atoms with Gasteiger partial charge in [-0.15, -0.1) is 0 Å². The highest BCUT2D eigenvalue weighted by atomic mass is 35.5. The number of aliphatic hydroxyl groups is 1. The van der Waals surface area contributed by atoms with E-state index in [4.69, 9.17) is 27.6 Å². The van der Waals surface area contributed by atoms with Gasteiger partial charge in [-0.2, -0.15) is 0 Å².